The van der Waals surface area contributed by atoms with Crippen LogP contribution in [0.1, 0.15) is 51.3 Å². The van der Waals surface area contributed by atoms with Crippen molar-refractivity contribution in [3.63, 3.8) is 0 Å². The largest absolute Gasteiger partial charge is 0.304 e. The van der Waals surface area contributed by atoms with E-state index >= 15 is 0 Å². The Morgan fingerprint density at radius 1 is 1.05 bits per heavy atom. The number of thioether (sulfide) groups is 1. The number of rotatable bonds is 1. The number of fused-ring (bicyclic) bond motifs is 1. The molecule has 2 heterocycles. The van der Waals surface area contributed by atoms with E-state index < -0.39 is 0 Å². The van der Waals surface area contributed by atoms with E-state index in [-0.39, 0.29) is 0 Å². The van der Waals surface area contributed by atoms with E-state index in [1.807, 2.05) is 11.8 Å². The van der Waals surface area contributed by atoms with Gasteiger partial charge in [-0.3, -0.25) is 0 Å². The van der Waals surface area contributed by atoms with Gasteiger partial charge in [0, 0.05) is 17.2 Å². The third kappa shape index (κ3) is 1.47. The first-order valence-electron chi connectivity index (χ1n) is 7.82. The molecule has 4 heteroatoms. The van der Waals surface area contributed by atoms with E-state index in [0.717, 1.165) is 24.3 Å². The molecule has 1 aromatic heterocycles. The van der Waals surface area contributed by atoms with Crippen molar-refractivity contribution in [2.24, 2.45) is 17.8 Å². The highest BCUT2D eigenvalue weighted by Crippen LogP contribution is 2.60. The number of aromatic nitrogens is 3. The quantitative estimate of drug-likeness (QED) is 0.788. The Balaban J connectivity index is 1.59. The fourth-order valence-electron chi connectivity index (χ4n) is 5.79. The molecule has 4 saturated carbocycles. The lowest BCUT2D eigenvalue weighted by atomic mass is 9.49. The second kappa shape index (κ2) is 3.57. The first-order chi connectivity index (χ1) is 9.22. The SMILES string of the molecule is C[C@@H]1Cn2c(nnc2C23CC4CC(CC(C4)C2)C3)S1. The van der Waals surface area contributed by atoms with E-state index in [2.05, 4.69) is 21.7 Å². The number of hydrogen-bond donors (Lipinski definition) is 0. The molecule has 0 aromatic carbocycles. The Morgan fingerprint density at radius 2 is 1.68 bits per heavy atom. The van der Waals surface area contributed by atoms with Crippen LogP contribution in [0.2, 0.25) is 0 Å². The molecule has 3 nitrogen and oxygen atoms in total. The molecule has 5 aliphatic rings. The first-order valence-corrected chi connectivity index (χ1v) is 8.70. The number of nitrogens with zero attached hydrogens (tertiary/aromatic N) is 3. The summed E-state index contributed by atoms with van der Waals surface area (Å²) in [6, 6.07) is 0. The van der Waals surface area contributed by atoms with E-state index in [4.69, 9.17) is 0 Å². The number of hydrogen-bond acceptors (Lipinski definition) is 3. The van der Waals surface area contributed by atoms with Crippen molar-refractivity contribution in [3.05, 3.63) is 5.82 Å². The van der Waals surface area contributed by atoms with E-state index in [1.165, 1.54) is 49.5 Å². The Morgan fingerprint density at radius 3 is 2.32 bits per heavy atom. The standard InChI is InChI=1S/C15H21N3S/c1-9-8-18-13(16-17-14(18)19-9)15-5-10-2-11(6-15)4-12(3-10)7-15/h9-12H,2-8H2,1H3/t9-,10?,11?,12?,15?/m1/s1. The molecule has 0 spiro atoms. The molecule has 1 aliphatic heterocycles. The van der Waals surface area contributed by atoms with Gasteiger partial charge in [-0.15, -0.1) is 10.2 Å². The average Bonchev–Trinajstić information content (AvgIpc) is 2.85. The molecule has 102 valence electrons. The molecule has 4 bridgehead atoms. The third-order valence-electron chi connectivity index (χ3n) is 5.98. The van der Waals surface area contributed by atoms with Crippen LogP contribution in [0.5, 0.6) is 0 Å². The van der Waals surface area contributed by atoms with Gasteiger partial charge in [0.25, 0.3) is 0 Å². The van der Waals surface area contributed by atoms with Crippen molar-refractivity contribution in [3.8, 4) is 0 Å². The van der Waals surface area contributed by atoms with Gasteiger partial charge >= 0.3 is 0 Å². The summed E-state index contributed by atoms with van der Waals surface area (Å²) >= 11 is 1.91. The smallest absolute Gasteiger partial charge is 0.191 e. The van der Waals surface area contributed by atoms with Gasteiger partial charge in [-0.25, -0.2) is 0 Å². The predicted molar refractivity (Wildman–Crippen MR) is 75.2 cm³/mol. The minimum atomic E-state index is 0.407. The summed E-state index contributed by atoms with van der Waals surface area (Å²) in [5.41, 5.74) is 0.407. The molecule has 0 amide bonds. The molecule has 1 aromatic rings. The van der Waals surface area contributed by atoms with Crippen molar-refractivity contribution in [1.82, 2.24) is 14.8 Å². The highest BCUT2D eigenvalue weighted by Gasteiger charge is 2.54. The van der Waals surface area contributed by atoms with Crippen molar-refractivity contribution in [2.75, 3.05) is 0 Å². The fraction of sp³-hybridized carbons (Fsp3) is 0.867. The van der Waals surface area contributed by atoms with Gasteiger partial charge in [0.05, 0.1) is 0 Å². The van der Waals surface area contributed by atoms with Crippen LogP contribution < -0.4 is 0 Å². The van der Waals surface area contributed by atoms with Gasteiger partial charge in [-0.1, -0.05) is 18.7 Å². The third-order valence-corrected chi connectivity index (χ3v) is 7.04. The normalized spacial score (nSPS) is 46.8. The molecular formula is C15H21N3S. The topological polar surface area (TPSA) is 30.7 Å². The molecule has 4 aliphatic carbocycles. The van der Waals surface area contributed by atoms with Crippen molar-refractivity contribution in [2.45, 2.75) is 67.8 Å². The monoisotopic (exact) mass is 275 g/mol. The van der Waals surface area contributed by atoms with Crippen LogP contribution in [0.3, 0.4) is 0 Å². The lowest BCUT2D eigenvalue weighted by Gasteiger charge is -2.56. The van der Waals surface area contributed by atoms with Crippen LogP contribution in [0.4, 0.5) is 0 Å². The summed E-state index contributed by atoms with van der Waals surface area (Å²) in [5, 5.41) is 11.0. The zero-order valence-electron chi connectivity index (χ0n) is 11.5. The highest BCUT2D eigenvalue weighted by molar-refractivity contribution is 7.99. The molecule has 0 radical (unpaired) electrons. The maximum absolute atomic E-state index is 4.65. The Bertz CT molecular complexity index is 500. The van der Waals surface area contributed by atoms with Crippen LogP contribution in [0.25, 0.3) is 0 Å². The lowest BCUT2D eigenvalue weighted by molar-refractivity contribution is -0.0113. The van der Waals surface area contributed by atoms with Crippen LogP contribution in [-0.2, 0) is 12.0 Å². The van der Waals surface area contributed by atoms with Gasteiger partial charge < -0.3 is 4.57 Å². The van der Waals surface area contributed by atoms with E-state index in [1.54, 1.807) is 0 Å². The summed E-state index contributed by atoms with van der Waals surface area (Å²) < 4.78 is 2.46. The van der Waals surface area contributed by atoms with Gasteiger partial charge in [-0.2, -0.15) is 0 Å². The van der Waals surface area contributed by atoms with Gasteiger partial charge in [0.15, 0.2) is 5.16 Å². The van der Waals surface area contributed by atoms with Gasteiger partial charge in [-0.05, 0) is 56.3 Å². The second-order valence-electron chi connectivity index (χ2n) is 7.54. The Kier molecular flexibility index (Phi) is 2.10. The zero-order chi connectivity index (χ0) is 12.6. The van der Waals surface area contributed by atoms with Crippen LogP contribution in [0.15, 0.2) is 5.16 Å². The molecular weight excluding hydrogens is 254 g/mol. The van der Waals surface area contributed by atoms with Crippen LogP contribution in [0, 0.1) is 17.8 Å². The maximum atomic E-state index is 4.65. The average molecular weight is 275 g/mol. The summed E-state index contributed by atoms with van der Waals surface area (Å²) in [6.07, 6.45) is 8.71. The molecule has 0 saturated heterocycles. The minimum absolute atomic E-state index is 0.407. The summed E-state index contributed by atoms with van der Waals surface area (Å²) in [5.74, 6) is 4.33. The van der Waals surface area contributed by atoms with Crippen LogP contribution >= 0.6 is 11.8 Å². The van der Waals surface area contributed by atoms with E-state index in [9.17, 15) is 0 Å². The molecule has 0 N–H and O–H groups in total. The molecule has 6 rings (SSSR count). The zero-order valence-corrected chi connectivity index (χ0v) is 12.3. The molecule has 0 unspecified atom stereocenters. The minimum Gasteiger partial charge on any atom is -0.304 e. The maximum Gasteiger partial charge on any atom is 0.191 e. The first kappa shape index (κ1) is 11.2. The molecule has 1 atom stereocenters. The molecule has 4 fully saturated rings. The second-order valence-corrected chi connectivity index (χ2v) is 8.95. The van der Waals surface area contributed by atoms with Crippen molar-refractivity contribution < 1.29 is 0 Å². The predicted octanol–water partition coefficient (Wildman–Crippen LogP) is 3.24. The van der Waals surface area contributed by atoms with Gasteiger partial charge in [0.1, 0.15) is 5.82 Å². The van der Waals surface area contributed by atoms with E-state index in [0.29, 0.717) is 10.7 Å². The van der Waals surface area contributed by atoms with Crippen molar-refractivity contribution >= 4 is 11.8 Å². The van der Waals surface area contributed by atoms with Crippen molar-refractivity contribution in [1.29, 1.82) is 0 Å². The summed E-state index contributed by atoms with van der Waals surface area (Å²) in [7, 11) is 0. The van der Waals surface area contributed by atoms with Gasteiger partial charge in [0.2, 0.25) is 0 Å². The highest BCUT2D eigenvalue weighted by atomic mass is 32.2. The summed E-state index contributed by atoms with van der Waals surface area (Å²) in [6.45, 7) is 3.44. The Labute approximate surface area is 118 Å². The Hall–Kier alpha value is -0.510. The van der Waals surface area contributed by atoms with Crippen LogP contribution in [-0.4, -0.2) is 20.0 Å². The summed E-state index contributed by atoms with van der Waals surface area (Å²) in [4.78, 5) is 0. The fourth-order valence-corrected chi connectivity index (χ4v) is 6.75. The lowest BCUT2D eigenvalue weighted by Crippen LogP contribution is -2.49. The molecule has 19 heavy (non-hydrogen) atoms.